The van der Waals surface area contributed by atoms with Gasteiger partial charge in [-0.1, -0.05) is 30.3 Å². The van der Waals surface area contributed by atoms with Gasteiger partial charge in [0, 0.05) is 13.0 Å². The first kappa shape index (κ1) is 20.2. The molecule has 2 aromatic carbocycles. The van der Waals surface area contributed by atoms with E-state index in [-0.39, 0.29) is 11.9 Å². The van der Waals surface area contributed by atoms with Gasteiger partial charge in [0.1, 0.15) is 11.5 Å². The molecule has 1 fully saturated rings. The summed E-state index contributed by atoms with van der Waals surface area (Å²) in [7, 11) is 3.34. The van der Waals surface area contributed by atoms with E-state index in [0.29, 0.717) is 19.4 Å². The van der Waals surface area contributed by atoms with E-state index >= 15 is 0 Å². The van der Waals surface area contributed by atoms with Crippen LogP contribution in [0.2, 0.25) is 0 Å². The van der Waals surface area contributed by atoms with Crippen molar-refractivity contribution in [1.29, 1.82) is 0 Å². The zero-order valence-corrected chi connectivity index (χ0v) is 16.8. The van der Waals surface area contributed by atoms with Crippen LogP contribution in [0.3, 0.4) is 0 Å². The molecule has 1 saturated heterocycles. The summed E-state index contributed by atoms with van der Waals surface area (Å²) < 4.78 is 10.8. The summed E-state index contributed by atoms with van der Waals surface area (Å²) in [6, 6.07) is 16.2. The standard InChI is InChI=1S/C23H30N2O3/c1-27-20-10-7-9-19(16-20)21(25-14-5-6-15-25)17-24-23(26)13-12-18-8-3-4-11-22(18)28-2/h3-4,7-11,16,21H,5-6,12-15,17H2,1-2H3,(H,24,26). The van der Waals surface area contributed by atoms with Gasteiger partial charge in [-0.25, -0.2) is 0 Å². The molecule has 1 amide bonds. The molecule has 1 aliphatic rings. The predicted octanol–water partition coefficient (Wildman–Crippen LogP) is 3.59. The van der Waals surface area contributed by atoms with Gasteiger partial charge < -0.3 is 14.8 Å². The Morgan fingerprint density at radius 3 is 2.61 bits per heavy atom. The molecule has 0 spiro atoms. The Morgan fingerprint density at radius 2 is 1.86 bits per heavy atom. The lowest BCUT2D eigenvalue weighted by Gasteiger charge is -2.28. The summed E-state index contributed by atoms with van der Waals surface area (Å²) in [4.78, 5) is 14.9. The van der Waals surface area contributed by atoms with Gasteiger partial charge in [-0.2, -0.15) is 0 Å². The van der Waals surface area contributed by atoms with E-state index in [4.69, 9.17) is 9.47 Å². The van der Waals surface area contributed by atoms with Crippen LogP contribution in [-0.4, -0.2) is 44.7 Å². The number of para-hydroxylation sites is 1. The van der Waals surface area contributed by atoms with Crippen molar-refractivity contribution in [2.75, 3.05) is 33.9 Å². The van der Waals surface area contributed by atoms with E-state index in [1.54, 1.807) is 14.2 Å². The number of aryl methyl sites for hydroxylation is 1. The maximum Gasteiger partial charge on any atom is 0.220 e. The number of likely N-dealkylation sites (tertiary alicyclic amines) is 1. The monoisotopic (exact) mass is 382 g/mol. The number of nitrogens with one attached hydrogen (secondary N) is 1. The Kier molecular flexibility index (Phi) is 7.31. The number of rotatable bonds is 9. The normalized spacial score (nSPS) is 15.2. The quantitative estimate of drug-likeness (QED) is 0.720. The van der Waals surface area contributed by atoms with Gasteiger partial charge in [-0.15, -0.1) is 0 Å². The molecule has 0 radical (unpaired) electrons. The molecule has 2 aromatic rings. The van der Waals surface area contributed by atoms with Crippen LogP contribution in [0.5, 0.6) is 11.5 Å². The summed E-state index contributed by atoms with van der Waals surface area (Å²) in [5.41, 5.74) is 2.25. The maximum absolute atomic E-state index is 12.5. The molecule has 5 nitrogen and oxygen atoms in total. The summed E-state index contributed by atoms with van der Waals surface area (Å²) in [6.45, 7) is 2.75. The number of hydrogen-bond donors (Lipinski definition) is 1. The average molecular weight is 383 g/mol. The third kappa shape index (κ3) is 5.26. The van der Waals surface area contributed by atoms with Crippen molar-refractivity contribution in [1.82, 2.24) is 10.2 Å². The molecule has 1 N–H and O–H groups in total. The Morgan fingerprint density at radius 1 is 1.07 bits per heavy atom. The molecule has 0 aliphatic carbocycles. The smallest absolute Gasteiger partial charge is 0.220 e. The lowest BCUT2D eigenvalue weighted by molar-refractivity contribution is -0.121. The molecule has 0 saturated carbocycles. The molecule has 0 aromatic heterocycles. The fraction of sp³-hybridized carbons (Fsp3) is 0.435. The highest BCUT2D eigenvalue weighted by atomic mass is 16.5. The SMILES string of the molecule is COc1cccc(C(CNC(=O)CCc2ccccc2OC)N2CCCC2)c1. The van der Waals surface area contributed by atoms with E-state index in [0.717, 1.165) is 30.2 Å². The second-order valence-corrected chi connectivity index (χ2v) is 7.15. The van der Waals surface area contributed by atoms with Gasteiger partial charge in [0.05, 0.1) is 20.3 Å². The van der Waals surface area contributed by atoms with Crippen molar-refractivity contribution in [2.24, 2.45) is 0 Å². The molecule has 28 heavy (non-hydrogen) atoms. The van der Waals surface area contributed by atoms with Crippen LogP contribution in [0.25, 0.3) is 0 Å². The minimum Gasteiger partial charge on any atom is -0.497 e. The van der Waals surface area contributed by atoms with Crippen molar-refractivity contribution >= 4 is 5.91 Å². The Balaban J connectivity index is 1.60. The first-order valence-electron chi connectivity index (χ1n) is 9.98. The highest BCUT2D eigenvalue weighted by Gasteiger charge is 2.24. The zero-order valence-electron chi connectivity index (χ0n) is 16.8. The van der Waals surface area contributed by atoms with Crippen molar-refractivity contribution < 1.29 is 14.3 Å². The van der Waals surface area contributed by atoms with Crippen LogP contribution in [-0.2, 0) is 11.2 Å². The second kappa shape index (κ2) is 10.1. The van der Waals surface area contributed by atoms with Crippen LogP contribution in [0.4, 0.5) is 0 Å². The molecule has 1 aliphatic heterocycles. The van der Waals surface area contributed by atoms with Crippen LogP contribution in [0.15, 0.2) is 48.5 Å². The average Bonchev–Trinajstić information content (AvgIpc) is 3.27. The van der Waals surface area contributed by atoms with E-state index in [1.165, 1.54) is 18.4 Å². The lowest BCUT2D eigenvalue weighted by atomic mass is 10.0. The van der Waals surface area contributed by atoms with Crippen molar-refractivity contribution in [3.05, 3.63) is 59.7 Å². The van der Waals surface area contributed by atoms with Gasteiger partial charge in [-0.05, 0) is 61.7 Å². The number of ether oxygens (including phenoxy) is 2. The molecule has 3 rings (SSSR count). The molecule has 5 heteroatoms. The van der Waals surface area contributed by atoms with Crippen molar-refractivity contribution in [2.45, 2.75) is 31.7 Å². The fourth-order valence-corrected chi connectivity index (χ4v) is 3.82. The number of carbonyl (C=O) groups is 1. The van der Waals surface area contributed by atoms with E-state index < -0.39 is 0 Å². The van der Waals surface area contributed by atoms with Crippen molar-refractivity contribution in [3.63, 3.8) is 0 Å². The highest BCUT2D eigenvalue weighted by Crippen LogP contribution is 2.27. The minimum absolute atomic E-state index is 0.0676. The summed E-state index contributed by atoms with van der Waals surface area (Å²) in [5.74, 6) is 1.75. The summed E-state index contributed by atoms with van der Waals surface area (Å²) in [6.07, 6.45) is 3.54. The Hall–Kier alpha value is -2.53. The van der Waals surface area contributed by atoms with E-state index in [9.17, 15) is 4.79 Å². The molecular formula is C23H30N2O3. The number of hydrogen-bond acceptors (Lipinski definition) is 4. The Bertz CT molecular complexity index is 772. The number of carbonyl (C=O) groups excluding carboxylic acids is 1. The lowest BCUT2D eigenvalue weighted by Crippen LogP contribution is -2.36. The van der Waals surface area contributed by atoms with Gasteiger partial charge in [-0.3, -0.25) is 9.69 Å². The number of methoxy groups -OCH3 is 2. The van der Waals surface area contributed by atoms with Crippen LogP contribution < -0.4 is 14.8 Å². The van der Waals surface area contributed by atoms with Gasteiger partial charge in [0.25, 0.3) is 0 Å². The van der Waals surface area contributed by atoms with Gasteiger partial charge >= 0.3 is 0 Å². The van der Waals surface area contributed by atoms with Gasteiger partial charge in [0.15, 0.2) is 0 Å². The highest BCUT2D eigenvalue weighted by molar-refractivity contribution is 5.76. The molecule has 0 bridgehead atoms. The molecular weight excluding hydrogens is 352 g/mol. The van der Waals surface area contributed by atoms with Crippen LogP contribution in [0.1, 0.15) is 36.4 Å². The molecule has 1 unspecified atom stereocenters. The largest absolute Gasteiger partial charge is 0.497 e. The maximum atomic E-state index is 12.5. The number of nitrogens with zero attached hydrogens (tertiary/aromatic N) is 1. The van der Waals surface area contributed by atoms with E-state index in [1.807, 2.05) is 36.4 Å². The van der Waals surface area contributed by atoms with Crippen LogP contribution in [0, 0.1) is 0 Å². The Labute approximate surface area is 167 Å². The number of benzene rings is 2. The van der Waals surface area contributed by atoms with Crippen LogP contribution >= 0.6 is 0 Å². The molecule has 1 atom stereocenters. The fourth-order valence-electron chi connectivity index (χ4n) is 3.82. The van der Waals surface area contributed by atoms with Crippen molar-refractivity contribution in [3.8, 4) is 11.5 Å². The predicted molar refractivity (Wildman–Crippen MR) is 111 cm³/mol. The molecule has 1 heterocycles. The summed E-state index contributed by atoms with van der Waals surface area (Å²) >= 11 is 0. The second-order valence-electron chi connectivity index (χ2n) is 7.15. The van der Waals surface area contributed by atoms with Gasteiger partial charge in [0.2, 0.25) is 5.91 Å². The first-order chi connectivity index (χ1) is 13.7. The summed E-state index contributed by atoms with van der Waals surface area (Å²) in [5, 5.41) is 3.14. The first-order valence-corrected chi connectivity index (χ1v) is 9.98. The third-order valence-electron chi connectivity index (χ3n) is 5.37. The third-order valence-corrected chi connectivity index (χ3v) is 5.37. The topological polar surface area (TPSA) is 50.8 Å². The van der Waals surface area contributed by atoms with E-state index in [2.05, 4.69) is 22.3 Å². The zero-order chi connectivity index (χ0) is 19.8. The molecule has 150 valence electrons. The number of amides is 1. The minimum atomic E-state index is 0.0676.